The number of hydrogen-bond acceptors (Lipinski definition) is 2. The van der Waals surface area contributed by atoms with Gasteiger partial charge < -0.3 is 11.1 Å². The second kappa shape index (κ2) is 2.10. The smallest absolute Gasteiger partial charge is 0.238 e. The third kappa shape index (κ3) is 0.739. The first-order valence-corrected chi connectivity index (χ1v) is 3.31. The number of nitrogens with one attached hydrogen (secondary N) is 1. The average molecular weight is 163 g/mol. The first-order chi connectivity index (χ1) is 4.26. The summed E-state index contributed by atoms with van der Waals surface area (Å²) in [6, 6.07) is 0. The van der Waals surface area contributed by atoms with Gasteiger partial charge in [-0.1, -0.05) is 0 Å². The molecule has 2 atom stereocenters. The fraction of sp³-hybridized carbons (Fsp3) is 0.833. The first kappa shape index (κ1) is 7.82. The SMILES string of the molecule is Cl.NC(=O)[C@]12C[C@H]1CCN2. The summed E-state index contributed by atoms with van der Waals surface area (Å²) in [5, 5.41) is 3.13. The molecular formula is C6H11ClN2O. The van der Waals surface area contributed by atoms with Crippen LogP contribution in [0.5, 0.6) is 0 Å². The van der Waals surface area contributed by atoms with E-state index in [0.717, 1.165) is 19.4 Å². The van der Waals surface area contributed by atoms with E-state index in [2.05, 4.69) is 5.32 Å². The molecule has 10 heavy (non-hydrogen) atoms. The van der Waals surface area contributed by atoms with Crippen molar-refractivity contribution in [3.05, 3.63) is 0 Å². The van der Waals surface area contributed by atoms with Crippen molar-refractivity contribution in [2.75, 3.05) is 6.54 Å². The van der Waals surface area contributed by atoms with E-state index >= 15 is 0 Å². The minimum atomic E-state index is -0.250. The van der Waals surface area contributed by atoms with Crippen LogP contribution in [0, 0.1) is 5.92 Å². The largest absolute Gasteiger partial charge is 0.368 e. The number of halogens is 1. The summed E-state index contributed by atoms with van der Waals surface area (Å²) in [6.07, 6.45) is 2.10. The van der Waals surface area contributed by atoms with E-state index < -0.39 is 0 Å². The Morgan fingerprint density at radius 3 is 2.60 bits per heavy atom. The van der Waals surface area contributed by atoms with Crippen LogP contribution in [-0.4, -0.2) is 18.0 Å². The van der Waals surface area contributed by atoms with E-state index in [1.807, 2.05) is 0 Å². The minimum Gasteiger partial charge on any atom is -0.368 e. The van der Waals surface area contributed by atoms with Crippen LogP contribution < -0.4 is 11.1 Å². The molecule has 2 rings (SSSR count). The van der Waals surface area contributed by atoms with Crippen LogP contribution in [0.1, 0.15) is 12.8 Å². The molecule has 0 aromatic rings. The summed E-state index contributed by atoms with van der Waals surface area (Å²) in [6.45, 7) is 0.966. The van der Waals surface area contributed by atoms with Gasteiger partial charge in [0.1, 0.15) is 5.54 Å². The van der Waals surface area contributed by atoms with Crippen LogP contribution in [0.15, 0.2) is 0 Å². The highest BCUT2D eigenvalue weighted by molar-refractivity contribution is 5.89. The minimum absolute atomic E-state index is 0. The highest BCUT2D eigenvalue weighted by atomic mass is 35.5. The number of carbonyl (C=O) groups is 1. The van der Waals surface area contributed by atoms with Crippen LogP contribution in [0.2, 0.25) is 0 Å². The molecule has 4 heteroatoms. The summed E-state index contributed by atoms with van der Waals surface area (Å²) >= 11 is 0. The molecule has 3 N–H and O–H groups in total. The van der Waals surface area contributed by atoms with E-state index in [0.29, 0.717) is 5.92 Å². The van der Waals surface area contributed by atoms with E-state index in [4.69, 9.17) is 5.73 Å². The molecule has 0 bridgehead atoms. The number of carbonyl (C=O) groups excluding carboxylic acids is 1. The normalized spacial score (nSPS) is 41.8. The van der Waals surface area contributed by atoms with Crippen LogP contribution in [-0.2, 0) is 4.79 Å². The highest BCUT2D eigenvalue weighted by Crippen LogP contribution is 2.49. The highest BCUT2D eigenvalue weighted by Gasteiger charge is 2.61. The Labute approximate surface area is 65.8 Å². The lowest BCUT2D eigenvalue weighted by molar-refractivity contribution is -0.120. The molecule has 0 aromatic heterocycles. The summed E-state index contributed by atoms with van der Waals surface area (Å²) in [5.41, 5.74) is 4.92. The number of primary amides is 1. The van der Waals surface area contributed by atoms with Crippen molar-refractivity contribution in [3.8, 4) is 0 Å². The summed E-state index contributed by atoms with van der Waals surface area (Å²) in [5.74, 6) is 0.403. The van der Waals surface area contributed by atoms with Crippen molar-refractivity contribution >= 4 is 18.3 Å². The zero-order valence-corrected chi connectivity index (χ0v) is 6.41. The monoisotopic (exact) mass is 162 g/mol. The third-order valence-corrected chi connectivity index (χ3v) is 2.48. The van der Waals surface area contributed by atoms with Crippen LogP contribution in [0.4, 0.5) is 0 Å². The molecule has 1 aliphatic carbocycles. The maximum atomic E-state index is 10.7. The second-order valence-electron chi connectivity index (χ2n) is 2.95. The van der Waals surface area contributed by atoms with Gasteiger partial charge in [-0.05, 0) is 25.3 Å². The molecule has 0 spiro atoms. The standard InChI is InChI=1S/C6H10N2O.ClH/c7-5(9)6-3-4(6)1-2-8-6;/h4,8H,1-3H2,(H2,7,9);1H/t4-,6+;/m1./s1. The number of nitrogens with two attached hydrogens (primary N) is 1. The molecule has 1 heterocycles. The molecule has 2 fully saturated rings. The van der Waals surface area contributed by atoms with Crippen molar-refractivity contribution < 1.29 is 4.79 Å². The molecule has 1 saturated carbocycles. The summed E-state index contributed by atoms with van der Waals surface area (Å²) < 4.78 is 0. The average Bonchev–Trinajstić information content (AvgIpc) is 2.38. The maximum Gasteiger partial charge on any atom is 0.238 e. The van der Waals surface area contributed by atoms with Gasteiger partial charge in [-0.15, -0.1) is 12.4 Å². The number of amides is 1. The van der Waals surface area contributed by atoms with Gasteiger partial charge in [0.2, 0.25) is 5.91 Å². The molecule has 0 radical (unpaired) electrons. The number of piperidine rings is 1. The fourth-order valence-corrected chi connectivity index (χ4v) is 1.75. The lowest BCUT2D eigenvalue weighted by Crippen LogP contribution is -2.41. The number of rotatable bonds is 1. The van der Waals surface area contributed by atoms with Crippen LogP contribution in [0.3, 0.4) is 0 Å². The lowest BCUT2D eigenvalue weighted by atomic mass is 10.2. The van der Waals surface area contributed by atoms with Crippen molar-refractivity contribution in [2.24, 2.45) is 11.7 Å². The molecule has 0 unspecified atom stereocenters. The molecular weight excluding hydrogens is 152 g/mol. The van der Waals surface area contributed by atoms with Crippen molar-refractivity contribution in [1.82, 2.24) is 5.32 Å². The second-order valence-corrected chi connectivity index (χ2v) is 2.95. The zero-order valence-electron chi connectivity index (χ0n) is 5.59. The Morgan fingerprint density at radius 2 is 2.40 bits per heavy atom. The summed E-state index contributed by atoms with van der Waals surface area (Å²) in [4.78, 5) is 10.7. The number of hydrogen-bond donors (Lipinski definition) is 2. The van der Waals surface area contributed by atoms with Gasteiger partial charge in [-0.3, -0.25) is 4.79 Å². The van der Waals surface area contributed by atoms with Gasteiger partial charge in [0.15, 0.2) is 0 Å². The predicted molar refractivity (Wildman–Crippen MR) is 39.9 cm³/mol. The van der Waals surface area contributed by atoms with Crippen molar-refractivity contribution in [1.29, 1.82) is 0 Å². The van der Waals surface area contributed by atoms with Gasteiger partial charge in [-0.2, -0.15) is 0 Å². The van der Waals surface area contributed by atoms with Gasteiger partial charge in [0, 0.05) is 0 Å². The fourth-order valence-electron chi connectivity index (χ4n) is 1.75. The van der Waals surface area contributed by atoms with Crippen molar-refractivity contribution in [3.63, 3.8) is 0 Å². The van der Waals surface area contributed by atoms with Crippen molar-refractivity contribution in [2.45, 2.75) is 18.4 Å². The molecule has 1 aliphatic heterocycles. The van der Waals surface area contributed by atoms with Crippen LogP contribution >= 0.6 is 12.4 Å². The van der Waals surface area contributed by atoms with E-state index in [1.54, 1.807) is 0 Å². The van der Waals surface area contributed by atoms with Gasteiger partial charge >= 0.3 is 0 Å². The predicted octanol–water partition coefficient (Wildman–Crippen LogP) is -0.355. The number of fused-ring (bicyclic) bond motifs is 1. The third-order valence-electron chi connectivity index (χ3n) is 2.48. The molecule has 1 amide bonds. The lowest BCUT2D eigenvalue weighted by Gasteiger charge is -2.05. The summed E-state index contributed by atoms with van der Waals surface area (Å²) in [7, 11) is 0. The van der Waals surface area contributed by atoms with Gasteiger partial charge in [-0.25, -0.2) is 0 Å². The quantitative estimate of drug-likeness (QED) is 0.554. The molecule has 58 valence electrons. The van der Waals surface area contributed by atoms with E-state index in [1.165, 1.54) is 0 Å². The molecule has 1 saturated heterocycles. The molecule has 0 aromatic carbocycles. The van der Waals surface area contributed by atoms with E-state index in [9.17, 15) is 4.79 Å². The first-order valence-electron chi connectivity index (χ1n) is 3.31. The Kier molecular flexibility index (Phi) is 1.65. The zero-order chi connectivity index (χ0) is 6.48. The topological polar surface area (TPSA) is 55.1 Å². The maximum absolute atomic E-state index is 10.7. The Morgan fingerprint density at radius 1 is 1.70 bits per heavy atom. The van der Waals surface area contributed by atoms with E-state index in [-0.39, 0.29) is 23.9 Å². The Bertz CT molecular complexity index is 173. The van der Waals surface area contributed by atoms with Gasteiger partial charge in [0.05, 0.1) is 0 Å². The Balaban J connectivity index is 0.000000500. The Hall–Kier alpha value is -0.280. The van der Waals surface area contributed by atoms with Crippen LogP contribution in [0.25, 0.3) is 0 Å². The van der Waals surface area contributed by atoms with Gasteiger partial charge in [0.25, 0.3) is 0 Å². The molecule has 2 aliphatic rings. The molecule has 3 nitrogen and oxygen atoms in total.